The van der Waals surface area contributed by atoms with E-state index in [1.165, 1.54) is 12.1 Å². The zero-order valence-electron chi connectivity index (χ0n) is 18.4. The van der Waals surface area contributed by atoms with Gasteiger partial charge in [0.15, 0.2) is 6.10 Å². The Labute approximate surface area is 192 Å². The van der Waals surface area contributed by atoms with Crippen molar-refractivity contribution < 1.29 is 18.7 Å². The molecule has 1 heterocycles. The molecule has 6 nitrogen and oxygen atoms in total. The third-order valence-electron chi connectivity index (χ3n) is 5.52. The Hall–Kier alpha value is -3.87. The summed E-state index contributed by atoms with van der Waals surface area (Å²) < 4.78 is 19.0. The van der Waals surface area contributed by atoms with E-state index < -0.39 is 6.10 Å². The van der Waals surface area contributed by atoms with E-state index in [4.69, 9.17) is 4.74 Å². The summed E-state index contributed by atoms with van der Waals surface area (Å²) in [5.41, 5.74) is 3.39. The molecule has 3 amide bonds. The normalized spacial score (nSPS) is 15.3. The first-order valence-electron chi connectivity index (χ1n) is 10.9. The van der Waals surface area contributed by atoms with Gasteiger partial charge in [-0.25, -0.2) is 9.18 Å². The maximum atomic E-state index is 13.2. The van der Waals surface area contributed by atoms with Gasteiger partial charge < -0.3 is 20.3 Å². The van der Waals surface area contributed by atoms with Crippen molar-refractivity contribution in [3.63, 3.8) is 0 Å². The molecular formula is C26H26FN3O3. The summed E-state index contributed by atoms with van der Waals surface area (Å²) in [6.07, 6.45) is -0.0130. The Morgan fingerprint density at radius 3 is 2.58 bits per heavy atom. The number of carbonyl (C=O) groups is 2. The molecule has 1 aliphatic heterocycles. The number of ether oxygens (including phenoxy) is 1. The second-order valence-corrected chi connectivity index (χ2v) is 8.01. The van der Waals surface area contributed by atoms with E-state index in [1.807, 2.05) is 36.4 Å². The number of benzene rings is 3. The van der Waals surface area contributed by atoms with Gasteiger partial charge in [0, 0.05) is 30.9 Å². The van der Waals surface area contributed by atoms with Crippen molar-refractivity contribution in [2.45, 2.75) is 32.5 Å². The summed E-state index contributed by atoms with van der Waals surface area (Å²) in [4.78, 5) is 26.9. The van der Waals surface area contributed by atoms with Crippen LogP contribution in [0.25, 0.3) is 0 Å². The lowest BCUT2D eigenvalue weighted by Gasteiger charge is -2.22. The minimum atomic E-state index is -0.618. The number of urea groups is 1. The Bertz CT molecular complexity index is 1120. The van der Waals surface area contributed by atoms with E-state index in [-0.39, 0.29) is 17.8 Å². The van der Waals surface area contributed by atoms with Gasteiger partial charge in [-0.15, -0.1) is 0 Å². The first kappa shape index (κ1) is 22.3. The zero-order chi connectivity index (χ0) is 23.2. The summed E-state index contributed by atoms with van der Waals surface area (Å²) in [7, 11) is 0. The van der Waals surface area contributed by atoms with Crippen LogP contribution in [-0.2, 0) is 24.3 Å². The number of hydrogen-bond donors (Lipinski definition) is 2. The second-order valence-electron chi connectivity index (χ2n) is 8.01. The van der Waals surface area contributed by atoms with Gasteiger partial charge in [0.1, 0.15) is 11.6 Å². The molecule has 0 fully saturated rings. The molecule has 0 bridgehead atoms. The van der Waals surface area contributed by atoms with Crippen LogP contribution in [0, 0.1) is 5.82 Å². The molecule has 1 aliphatic rings. The van der Waals surface area contributed by atoms with E-state index in [2.05, 4.69) is 10.6 Å². The lowest BCUT2D eigenvalue weighted by atomic mass is 10.1. The van der Waals surface area contributed by atoms with Gasteiger partial charge in [0.25, 0.3) is 5.91 Å². The number of nitrogens with zero attached hydrogens (tertiary/aromatic N) is 1. The number of hydrogen-bond acceptors (Lipinski definition) is 3. The summed E-state index contributed by atoms with van der Waals surface area (Å²) in [5.74, 6) is 0.229. The van der Waals surface area contributed by atoms with Crippen LogP contribution in [0.5, 0.6) is 5.75 Å². The van der Waals surface area contributed by atoms with Gasteiger partial charge in [0.05, 0.1) is 0 Å². The molecule has 3 aromatic rings. The van der Waals surface area contributed by atoms with Crippen LogP contribution in [-0.4, -0.2) is 29.5 Å². The smallest absolute Gasteiger partial charge is 0.319 e. The van der Waals surface area contributed by atoms with Crippen LogP contribution >= 0.6 is 0 Å². The van der Waals surface area contributed by atoms with Crippen LogP contribution in [0.2, 0.25) is 0 Å². The van der Waals surface area contributed by atoms with Gasteiger partial charge in [-0.3, -0.25) is 4.79 Å². The number of nitrogens with one attached hydrogen (secondary N) is 2. The van der Waals surface area contributed by atoms with Gasteiger partial charge >= 0.3 is 6.03 Å². The van der Waals surface area contributed by atoms with E-state index >= 15 is 0 Å². The molecule has 0 aromatic heterocycles. The van der Waals surface area contributed by atoms with Crippen molar-refractivity contribution in [3.8, 4) is 5.75 Å². The predicted molar refractivity (Wildman–Crippen MR) is 124 cm³/mol. The molecular weight excluding hydrogens is 421 g/mol. The van der Waals surface area contributed by atoms with Crippen LogP contribution < -0.4 is 15.4 Å². The highest BCUT2D eigenvalue weighted by atomic mass is 19.1. The third-order valence-corrected chi connectivity index (χ3v) is 5.52. The Balaban J connectivity index is 1.41. The first-order chi connectivity index (χ1) is 16.0. The number of anilines is 1. The van der Waals surface area contributed by atoms with Crippen molar-refractivity contribution >= 4 is 17.6 Å². The highest BCUT2D eigenvalue weighted by molar-refractivity contribution is 5.89. The number of amides is 3. The van der Waals surface area contributed by atoms with E-state index in [0.29, 0.717) is 37.5 Å². The van der Waals surface area contributed by atoms with Crippen LogP contribution in [0.4, 0.5) is 14.9 Å². The molecule has 0 radical (unpaired) electrons. The maximum absolute atomic E-state index is 13.2. The fraction of sp³-hybridized carbons (Fsp3) is 0.231. The number of halogens is 1. The van der Waals surface area contributed by atoms with Crippen molar-refractivity contribution in [3.05, 3.63) is 95.3 Å². The van der Waals surface area contributed by atoms with Crippen molar-refractivity contribution in [2.24, 2.45) is 0 Å². The zero-order valence-corrected chi connectivity index (χ0v) is 18.4. The fourth-order valence-corrected chi connectivity index (χ4v) is 3.74. The van der Waals surface area contributed by atoms with Crippen molar-refractivity contribution in [1.29, 1.82) is 0 Å². The number of rotatable bonds is 6. The van der Waals surface area contributed by atoms with Crippen LogP contribution in [0.1, 0.15) is 23.6 Å². The van der Waals surface area contributed by atoms with E-state index in [1.54, 1.807) is 36.1 Å². The van der Waals surface area contributed by atoms with Gasteiger partial charge in [-0.05, 0) is 54.8 Å². The van der Waals surface area contributed by atoms with Crippen molar-refractivity contribution in [1.82, 2.24) is 10.2 Å². The van der Waals surface area contributed by atoms with Crippen LogP contribution in [0.15, 0.2) is 72.8 Å². The average molecular weight is 448 g/mol. The largest absolute Gasteiger partial charge is 0.481 e. The topological polar surface area (TPSA) is 70.7 Å². The molecule has 0 saturated heterocycles. The fourth-order valence-electron chi connectivity index (χ4n) is 3.74. The minimum Gasteiger partial charge on any atom is -0.481 e. The molecule has 0 saturated carbocycles. The quantitative estimate of drug-likeness (QED) is 0.585. The van der Waals surface area contributed by atoms with Crippen LogP contribution in [0.3, 0.4) is 0 Å². The summed E-state index contributed by atoms with van der Waals surface area (Å²) in [6, 6.07) is 21.0. The maximum Gasteiger partial charge on any atom is 0.319 e. The van der Waals surface area contributed by atoms with E-state index in [0.717, 1.165) is 16.7 Å². The predicted octanol–water partition coefficient (Wildman–Crippen LogP) is 4.50. The average Bonchev–Trinajstić information content (AvgIpc) is 2.94. The molecule has 4 rings (SSSR count). The monoisotopic (exact) mass is 447 g/mol. The lowest BCUT2D eigenvalue weighted by Crippen LogP contribution is -2.39. The lowest BCUT2D eigenvalue weighted by molar-refractivity contribution is -0.137. The molecule has 3 aromatic carbocycles. The molecule has 33 heavy (non-hydrogen) atoms. The summed E-state index contributed by atoms with van der Waals surface area (Å²) in [5, 5.41) is 5.67. The van der Waals surface area contributed by atoms with E-state index in [9.17, 15) is 14.0 Å². The number of carbonyl (C=O) groups excluding carboxylic acids is 2. The molecule has 170 valence electrons. The first-order valence-corrected chi connectivity index (χ1v) is 10.9. The minimum absolute atomic E-state index is 0.108. The SMILES string of the molecule is CC1Oc2ccc(NC(=O)NCc3ccccc3)cc2CN(CCc2ccc(F)cc2)C1=O. The molecule has 0 spiro atoms. The third kappa shape index (κ3) is 5.88. The highest BCUT2D eigenvalue weighted by Crippen LogP contribution is 2.28. The molecule has 1 unspecified atom stereocenters. The molecule has 2 N–H and O–H groups in total. The molecule has 1 atom stereocenters. The highest BCUT2D eigenvalue weighted by Gasteiger charge is 2.27. The summed E-state index contributed by atoms with van der Waals surface area (Å²) in [6.45, 7) is 2.99. The molecule has 7 heteroatoms. The Morgan fingerprint density at radius 1 is 1.06 bits per heavy atom. The molecule has 0 aliphatic carbocycles. The Morgan fingerprint density at radius 2 is 1.82 bits per heavy atom. The summed E-state index contributed by atoms with van der Waals surface area (Å²) >= 11 is 0. The van der Waals surface area contributed by atoms with Gasteiger partial charge in [-0.2, -0.15) is 0 Å². The van der Waals surface area contributed by atoms with Gasteiger partial charge in [-0.1, -0.05) is 42.5 Å². The number of fused-ring (bicyclic) bond motifs is 1. The van der Waals surface area contributed by atoms with Crippen molar-refractivity contribution in [2.75, 3.05) is 11.9 Å². The standard InChI is InChI=1S/C26H26FN3O3/c1-18-25(31)30(14-13-19-7-9-22(27)10-8-19)17-21-15-23(11-12-24(21)33-18)29-26(32)28-16-20-5-3-2-4-6-20/h2-12,15,18H,13-14,16-17H2,1H3,(H2,28,29,32). The second kappa shape index (κ2) is 10.2. The Kier molecular flexibility index (Phi) is 6.88. The van der Waals surface area contributed by atoms with Gasteiger partial charge in [0.2, 0.25) is 0 Å².